The zero-order valence-electron chi connectivity index (χ0n) is 17.8. The first kappa shape index (κ1) is 23.8. The molecule has 0 spiro atoms. The number of hydrogen-bond acceptors (Lipinski definition) is 6. The molecule has 1 aliphatic rings. The number of thioether (sulfide) groups is 1. The van der Waals surface area contributed by atoms with E-state index in [1.807, 2.05) is 30.3 Å². The quantitative estimate of drug-likeness (QED) is 0.274. The van der Waals surface area contributed by atoms with E-state index in [0.29, 0.717) is 15.6 Å². The summed E-state index contributed by atoms with van der Waals surface area (Å²) in [6.07, 6.45) is 2.09. The average Bonchev–Trinajstić information content (AvgIpc) is 3.25. The summed E-state index contributed by atoms with van der Waals surface area (Å²) in [5.74, 6) is 1.05. The second kappa shape index (κ2) is 11.2. The fourth-order valence-corrected chi connectivity index (χ4v) is 5.66. The first-order chi connectivity index (χ1) is 16.0. The van der Waals surface area contributed by atoms with Gasteiger partial charge in [0.1, 0.15) is 22.7 Å². The molecule has 1 saturated heterocycles. The van der Waals surface area contributed by atoms with Gasteiger partial charge in [0, 0.05) is 34.6 Å². The Bertz CT molecular complexity index is 1100. The van der Waals surface area contributed by atoms with Gasteiger partial charge in [-0.15, -0.1) is 23.1 Å². The van der Waals surface area contributed by atoms with Crippen LogP contribution in [0, 0.1) is 5.82 Å². The molecule has 0 unspecified atom stereocenters. The maximum Gasteiger partial charge on any atom is 0.265 e. The Morgan fingerprint density at radius 3 is 2.58 bits per heavy atom. The molecule has 0 aliphatic carbocycles. The van der Waals surface area contributed by atoms with E-state index in [1.165, 1.54) is 35.6 Å². The molecule has 1 aliphatic heterocycles. The number of amides is 1. The van der Waals surface area contributed by atoms with Crippen LogP contribution in [0.4, 0.5) is 15.1 Å². The van der Waals surface area contributed by atoms with Gasteiger partial charge in [-0.05, 0) is 74.2 Å². The van der Waals surface area contributed by atoms with Crippen molar-refractivity contribution in [3.05, 3.63) is 70.3 Å². The van der Waals surface area contributed by atoms with Crippen molar-refractivity contribution in [2.24, 2.45) is 4.99 Å². The maximum absolute atomic E-state index is 13.1. The molecule has 0 bridgehead atoms. The Kier molecular flexibility index (Phi) is 8.03. The lowest BCUT2D eigenvalue weighted by Gasteiger charge is -2.31. The molecule has 0 atom stereocenters. The van der Waals surface area contributed by atoms with Crippen LogP contribution in [-0.2, 0) is 0 Å². The zero-order valence-corrected chi connectivity index (χ0v) is 20.2. The van der Waals surface area contributed by atoms with E-state index < -0.39 is 0 Å². The number of nitrogens with zero attached hydrogens (tertiary/aromatic N) is 2. The highest BCUT2D eigenvalue weighted by molar-refractivity contribution is 7.99. The van der Waals surface area contributed by atoms with E-state index in [2.05, 4.69) is 21.9 Å². The summed E-state index contributed by atoms with van der Waals surface area (Å²) in [7, 11) is 0. The second-order valence-corrected chi connectivity index (χ2v) is 10.0. The fourth-order valence-electron chi connectivity index (χ4n) is 3.44. The van der Waals surface area contributed by atoms with Gasteiger partial charge in [-0.3, -0.25) is 14.7 Å². The third-order valence-corrected chi connectivity index (χ3v) is 7.77. The van der Waals surface area contributed by atoms with Crippen LogP contribution in [0.1, 0.15) is 22.5 Å². The van der Waals surface area contributed by atoms with Gasteiger partial charge in [-0.25, -0.2) is 4.39 Å². The highest BCUT2D eigenvalue weighted by atomic mass is 35.5. The number of halogens is 2. The summed E-state index contributed by atoms with van der Waals surface area (Å²) in [5, 5.41) is 4.21. The summed E-state index contributed by atoms with van der Waals surface area (Å²) in [6.45, 7) is 5.51. The van der Waals surface area contributed by atoms with Crippen molar-refractivity contribution < 1.29 is 13.9 Å². The van der Waals surface area contributed by atoms with E-state index in [9.17, 15) is 9.18 Å². The number of rotatable bonds is 8. The molecule has 1 fully saturated rings. The van der Waals surface area contributed by atoms with Crippen LogP contribution in [0.3, 0.4) is 0 Å². The number of thiophene rings is 1. The SMILES string of the molecule is C=Nc1sc(C(=O)Nc2ccc(F)cc2)cc1SCN1CCC(Oc2ccc(Cl)cc2)CC1. The first-order valence-electron chi connectivity index (χ1n) is 10.4. The number of nitrogens with one attached hydrogen (secondary N) is 1. The van der Waals surface area contributed by atoms with Gasteiger partial charge in [0.25, 0.3) is 5.91 Å². The van der Waals surface area contributed by atoms with Crippen LogP contribution in [0.5, 0.6) is 5.75 Å². The molecule has 1 amide bonds. The minimum Gasteiger partial charge on any atom is -0.490 e. The van der Waals surface area contributed by atoms with E-state index >= 15 is 0 Å². The Morgan fingerprint density at radius 2 is 1.91 bits per heavy atom. The van der Waals surface area contributed by atoms with Crippen LogP contribution in [0.25, 0.3) is 0 Å². The van der Waals surface area contributed by atoms with Gasteiger partial charge < -0.3 is 10.1 Å². The van der Waals surface area contributed by atoms with Gasteiger partial charge >= 0.3 is 0 Å². The van der Waals surface area contributed by atoms with Crippen molar-refractivity contribution in [3.8, 4) is 5.75 Å². The minimum atomic E-state index is -0.346. The lowest BCUT2D eigenvalue weighted by Crippen LogP contribution is -2.37. The number of piperidine rings is 1. The number of carbonyl (C=O) groups is 1. The van der Waals surface area contributed by atoms with Crippen molar-refractivity contribution in [1.29, 1.82) is 0 Å². The molecule has 4 rings (SSSR count). The molecule has 1 aromatic heterocycles. The predicted octanol–water partition coefficient (Wildman–Crippen LogP) is 6.72. The predicted molar refractivity (Wildman–Crippen MR) is 135 cm³/mol. The molecule has 9 heteroatoms. The van der Waals surface area contributed by atoms with Gasteiger partial charge in [0.05, 0.1) is 4.88 Å². The van der Waals surface area contributed by atoms with Crippen molar-refractivity contribution >= 4 is 58.0 Å². The molecular formula is C24H23ClFN3O2S2. The van der Waals surface area contributed by atoms with Crippen molar-refractivity contribution in [3.63, 3.8) is 0 Å². The topological polar surface area (TPSA) is 53.9 Å². The molecule has 2 heterocycles. The molecule has 172 valence electrons. The molecule has 0 saturated carbocycles. The monoisotopic (exact) mass is 503 g/mol. The Balaban J connectivity index is 1.28. The number of likely N-dealkylation sites (tertiary alicyclic amines) is 1. The van der Waals surface area contributed by atoms with Gasteiger partial charge in [0.15, 0.2) is 0 Å². The molecule has 5 nitrogen and oxygen atoms in total. The van der Waals surface area contributed by atoms with Crippen molar-refractivity contribution in [2.75, 3.05) is 24.3 Å². The second-order valence-electron chi connectivity index (χ2n) is 7.56. The van der Waals surface area contributed by atoms with E-state index in [-0.39, 0.29) is 17.8 Å². The third kappa shape index (κ3) is 6.57. The molecular weight excluding hydrogens is 481 g/mol. The first-order valence-corrected chi connectivity index (χ1v) is 12.6. The van der Waals surface area contributed by atoms with Crippen LogP contribution < -0.4 is 10.1 Å². The largest absolute Gasteiger partial charge is 0.490 e. The highest BCUT2D eigenvalue weighted by Crippen LogP contribution is 2.38. The smallest absolute Gasteiger partial charge is 0.265 e. The van der Waals surface area contributed by atoms with Gasteiger partial charge in [-0.2, -0.15) is 0 Å². The Morgan fingerprint density at radius 1 is 1.21 bits per heavy atom. The van der Waals surface area contributed by atoms with Crippen molar-refractivity contribution in [2.45, 2.75) is 23.8 Å². The normalized spacial score (nSPS) is 14.7. The molecule has 2 aromatic carbocycles. The number of hydrogen-bond donors (Lipinski definition) is 1. The number of aliphatic imine (C=N–C) groups is 1. The van der Waals surface area contributed by atoms with Crippen LogP contribution in [0.2, 0.25) is 5.02 Å². The van der Waals surface area contributed by atoms with Crippen LogP contribution in [-0.4, -0.2) is 42.6 Å². The van der Waals surface area contributed by atoms with Crippen molar-refractivity contribution in [1.82, 2.24) is 4.90 Å². The summed E-state index contributed by atoms with van der Waals surface area (Å²) in [4.78, 5) is 20.5. The van der Waals surface area contributed by atoms with Gasteiger partial charge in [0.2, 0.25) is 0 Å². The summed E-state index contributed by atoms with van der Waals surface area (Å²) >= 11 is 8.88. The molecule has 0 radical (unpaired) electrons. The van der Waals surface area contributed by atoms with Crippen LogP contribution in [0.15, 0.2) is 64.5 Å². The molecule has 1 N–H and O–H groups in total. The summed E-state index contributed by atoms with van der Waals surface area (Å²) in [5.41, 5.74) is 0.542. The number of carbonyl (C=O) groups excluding carboxylic acids is 1. The summed E-state index contributed by atoms with van der Waals surface area (Å²) in [6, 6.07) is 15.0. The Labute approximate surface area is 205 Å². The maximum atomic E-state index is 13.1. The third-order valence-electron chi connectivity index (χ3n) is 5.20. The standard InChI is InChI=1S/C24H23ClFN3O2S2/c1-27-24-22(14-21(33-24)23(30)28-18-6-4-17(26)5-7-18)32-15-29-12-10-20(11-13-29)31-19-8-2-16(25)3-9-19/h2-9,14,20H,1,10-13,15H2,(H,28,30). The fraction of sp³-hybridized carbons (Fsp3) is 0.250. The van der Waals surface area contributed by atoms with E-state index in [1.54, 1.807) is 11.8 Å². The van der Waals surface area contributed by atoms with E-state index in [0.717, 1.165) is 47.5 Å². The van der Waals surface area contributed by atoms with Gasteiger partial charge in [-0.1, -0.05) is 11.6 Å². The average molecular weight is 504 g/mol. The Hall–Kier alpha value is -2.39. The van der Waals surface area contributed by atoms with Crippen LogP contribution >= 0.6 is 34.7 Å². The van der Waals surface area contributed by atoms with E-state index in [4.69, 9.17) is 16.3 Å². The molecule has 3 aromatic rings. The zero-order chi connectivity index (χ0) is 23.2. The highest BCUT2D eigenvalue weighted by Gasteiger charge is 2.22. The number of benzene rings is 2. The molecule has 33 heavy (non-hydrogen) atoms. The summed E-state index contributed by atoms with van der Waals surface area (Å²) < 4.78 is 19.1. The number of ether oxygens (including phenoxy) is 1. The minimum absolute atomic E-state index is 0.195. The lowest BCUT2D eigenvalue weighted by atomic mass is 10.1. The number of anilines is 1. The lowest BCUT2D eigenvalue weighted by molar-refractivity contribution is 0.103.